The average molecular weight is 374 g/mol. The van der Waals surface area contributed by atoms with Crippen LogP contribution >= 0.6 is 0 Å². The number of nitrogens with zero attached hydrogens (tertiary/aromatic N) is 3. The Balaban J connectivity index is 1.94. The van der Waals surface area contributed by atoms with Gasteiger partial charge in [0.05, 0.1) is 0 Å². The van der Waals surface area contributed by atoms with Gasteiger partial charge in [0.2, 0.25) is 0 Å². The number of alkyl halides is 2. The molecule has 0 aliphatic heterocycles. The molecule has 0 amide bonds. The first kappa shape index (κ1) is 18.6. The van der Waals surface area contributed by atoms with Crippen molar-refractivity contribution in [3.63, 3.8) is 0 Å². The monoisotopic (exact) mass is 374 g/mol. The molecule has 5 nitrogen and oxygen atoms in total. The summed E-state index contributed by atoms with van der Waals surface area (Å²) in [4.78, 5) is 15.7. The Morgan fingerprint density at radius 3 is 2.56 bits per heavy atom. The summed E-state index contributed by atoms with van der Waals surface area (Å²) in [5.41, 5.74) is 1.07. The van der Waals surface area contributed by atoms with Crippen molar-refractivity contribution < 1.29 is 18.0 Å². The van der Waals surface area contributed by atoms with Crippen LogP contribution in [0.4, 0.5) is 24.7 Å². The summed E-state index contributed by atoms with van der Waals surface area (Å²) in [6, 6.07) is 10.4. The van der Waals surface area contributed by atoms with Crippen LogP contribution in [0.25, 0.3) is 5.82 Å². The van der Waals surface area contributed by atoms with E-state index in [1.807, 2.05) is 0 Å². The number of carbonyl (C=O) groups is 1. The Bertz CT molecular complexity index is 938. The van der Waals surface area contributed by atoms with Crippen molar-refractivity contribution in [3.8, 4) is 5.82 Å². The summed E-state index contributed by atoms with van der Waals surface area (Å²) in [6.07, 6.45) is -0.448. The minimum absolute atomic E-state index is 0.0421. The lowest BCUT2D eigenvalue weighted by Gasteiger charge is -2.11. The summed E-state index contributed by atoms with van der Waals surface area (Å²) >= 11 is 0. The zero-order valence-corrected chi connectivity index (χ0v) is 14.5. The number of halogens is 3. The highest BCUT2D eigenvalue weighted by Crippen LogP contribution is 2.22. The van der Waals surface area contributed by atoms with Crippen LogP contribution in [0.1, 0.15) is 31.0 Å². The van der Waals surface area contributed by atoms with Crippen LogP contribution in [0, 0.1) is 5.82 Å². The number of hydrogen-bond acceptors (Lipinski definition) is 4. The molecule has 0 saturated carbocycles. The number of aryl methyl sites for hydroxylation is 1. The zero-order chi connectivity index (χ0) is 19.4. The number of ketones is 1. The third-order valence-electron chi connectivity index (χ3n) is 3.82. The van der Waals surface area contributed by atoms with Gasteiger partial charge in [0.25, 0.3) is 6.43 Å². The predicted molar refractivity (Wildman–Crippen MR) is 95.0 cm³/mol. The molecule has 3 aromatic rings. The van der Waals surface area contributed by atoms with Crippen molar-refractivity contribution in [3.05, 3.63) is 65.7 Å². The average Bonchev–Trinajstić information content (AvgIpc) is 3.12. The molecule has 0 unspecified atom stereocenters. The summed E-state index contributed by atoms with van der Waals surface area (Å²) < 4.78 is 39.9. The number of benzene rings is 1. The second kappa shape index (κ2) is 8.03. The van der Waals surface area contributed by atoms with Gasteiger partial charge in [0.1, 0.15) is 23.1 Å². The van der Waals surface area contributed by atoms with E-state index in [0.717, 1.165) is 5.56 Å². The number of rotatable bonds is 7. The quantitative estimate of drug-likeness (QED) is 0.656. The summed E-state index contributed by atoms with van der Waals surface area (Å²) in [5, 5.41) is 6.88. The summed E-state index contributed by atoms with van der Waals surface area (Å²) in [7, 11) is 0. The molecule has 2 aromatic heterocycles. The number of pyridine rings is 1. The number of carbonyl (C=O) groups excluding carboxylic acids is 1. The van der Waals surface area contributed by atoms with Gasteiger partial charge in [-0.1, -0.05) is 0 Å². The molecule has 140 valence electrons. The number of nitrogens with one attached hydrogen (secondary N) is 1. The first-order valence-electron chi connectivity index (χ1n) is 8.28. The van der Waals surface area contributed by atoms with E-state index in [4.69, 9.17) is 0 Å². The maximum Gasteiger partial charge on any atom is 0.282 e. The molecule has 0 spiro atoms. The number of aromatic nitrogens is 3. The molecule has 2 heterocycles. The van der Waals surface area contributed by atoms with Crippen molar-refractivity contribution in [2.24, 2.45) is 0 Å². The highest BCUT2D eigenvalue weighted by molar-refractivity contribution is 5.75. The number of Topliss-reactive ketones (excluding diaryl/α,β-unsaturated/α-hetero) is 1. The Hall–Kier alpha value is -3.16. The largest absolute Gasteiger partial charge is 0.340 e. The molecule has 0 saturated heterocycles. The SMILES string of the molecule is CC(=O)CCc1cc(Nc2ccc(F)cc2)nc(-n2ccc(C(F)F)n2)c1. The normalized spacial score (nSPS) is 11.0. The lowest BCUT2D eigenvalue weighted by atomic mass is 10.1. The molecule has 0 atom stereocenters. The van der Waals surface area contributed by atoms with E-state index in [1.165, 1.54) is 36.0 Å². The van der Waals surface area contributed by atoms with Crippen molar-refractivity contribution in [1.29, 1.82) is 0 Å². The van der Waals surface area contributed by atoms with Crippen LogP contribution in [-0.2, 0) is 11.2 Å². The van der Waals surface area contributed by atoms with Crippen LogP contribution in [-0.4, -0.2) is 20.5 Å². The molecule has 0 bridgehead atoms. The number of hydrogen-bond donors (Lipinski definition) is 1. The molecule has 1 aromatic carbocycles. The highest BCUT2D eigenvalue weighted by atomic mass is 19.3. The van der Waals surface area contributed by atoms with Crippen LogP contribution in [0.2, 0.25) is 0 Å². The molecule has 1 N–H and O–H groups in total. The van der Waals surface area contributed by atoms with Gasteiger partial charge in [-0.15, -0.1) is 0 Å². The van der Waals surface area contributed by atoms with E-state index in [-0.39, 0.29) is 17.3 Å². The number of anilines is 2. The standard InChI is InChI=1S/C19H17F3N4O/c1-12(27)2-3-13-10-17(23-15-6-4-14(20)5-7-15)24-18(11-13)26-9-8-16(25-26)19(21)22/h4-11,19H,2-3H2,1H3,(H,23,24). The molecule has 0 fully saturated rings. The molecule has 3 rings (SSSR count). The maximum absolute atomic E-state index is 13.1. The molecular weight excluding hydrogens is 357 g/mol. The van der Waals surface area contributed by atoms with Crippen molar-refractivity contribution in [2.75, 3.05) is 5.32 Å². The van der Waals surface area contributed by atoms with E-state index in [9.17, 15) is 18.0 Å². The highest BCUT2D eigenvalue weighted by Gasteiger charge is 2.13. The molecular formula is C19H17F3N4O. The van der Waals surface area contributed by atoms with Gasteiger partial charge in [-0.3, -0.25) is 0 Å². The second-order valence-corrected chi connectivity index (χ2v) is 6.04. The molecule has 27 heavy (non-hydrogen) atoms. The first-order chi connectivity index (χ1) is 12.9. The molecule has 8 heteroatoms. The third kappa shape index (κ3) is 4.93. The first-order valence-corrected chi connectivity index (χ1v) is 8.28. The van der Waals surface area contributed by atoms with Crippen LogP contribution in [0.15, 0.2) is 48.7 Å². The van der Waals surface area contributed by atoms with E-state index >= 15 is 0 Å². The lowest BCUT2D eigenvalue weighted by Crippen LogP contribution is -2.05. The van der Waals surface area contributed by atoms with Crippen LogP contribution in [0.5, 0.6) is 0 Å². The fraction of sp³-hybridized carbons (Fsp3) is 0.211. The minimum Gasteiger partial charge on any atom is -0.340 e. The lowest BCUT2D eigenvalue weighted by molar-refractivity contribution is -0.116. The van der Waals surface area contributed by atoms with Crippen molar-refractivity contribution in [2.45, 2.75) is 26.2 Å². The van der Waals surface area contributed by atoms with Gasteiger partial charge in [-0.05, 0) is 61.4 Å². The maximum atomic E-state index is 13.1. The molecule has 0 aliphatic carbocycles. The van der Waals surface area contributed by atoms with E-state index in [2.05, 4.69) is 15.4 Å². The molecule has 0 radical (unpaired) electrons. The summed E-state index contributed by atoms with van der Waals surface area (Å²) in [6.45, 7) is 1.50. The topological polar surface area (TPSA) is 59.8 Å². The zero-order valence-electron chi connectivity index (χ0n) is 14.5. The fourth-order valence-electron chi connectivity index (χ4n) is 2.48. The van der Waals surface area contributed by atoms with Crippen LogP contribution < -0.4 is 5.32 Å². The van der Waals surface area contributed by atoms with E-state index in [1.54, 1.807) is 24.3 Å². The fourth-order valence-corrected chi connectivity index (χ4v) is 2.48. The van der Waals surface area contributed by atoms with E-state index < -0.39 is 6.43 Å². The van der Waals surface area contributed by atoms with Crippen LogP contribution in [0.3, 0.4) is 0 Å². The second-order valence-electron chi connectivity index (χ2n) is 6.04. The minimum atomic E-state index is -2.68. The Labute approximate surface area is 153 Å². The smallest absolute Gasteiger partial charge is 0.282 e. The Morgan fingerprint density at radius 2 is 1.93 bits per heavy atom. The van der Waals surface area contributed by atoms with Gasteiger partial charge in [0.15, 0.2) is 5.82 Å². The Morgan fingerprint density at radius 1 is 1.19 bits per heavy atom. The van der Waals surface area contributed by atoms with Gasteiger partial charge in [0, 0.05) is 18.3 Å². The Kier molecular flexibility index (Phi) is 5.54. The van der Waals surface area contributed by atoms with Crippen molar-refractivity contribution >= 4 is 17.3 Å². The molecule has 0 aliphatic rings. The van der Waals surface area contributed by atoms with Gasteiger partial charge >= 0.3 is 0 Å². The van der Waals surface area contributed by atoms with E-state index in [0.29, 0.717) is 30.2 Å². The summed E-state index contributed by atoms with van der Waals surface area (Å²) in [5.74, 6) is 0.459. The van der Waals surface area contributed by atoms with Gasteiger partial charge in [-0.25, -0.2) is 22.8 Å². The predicted octanol–water partition coefficient (Wildman–Crippen LogP) is 4.61. The van der Waals surface area contributed by atoms with Gasteiger partial charge < -0.3 is 10.1 Å². The van der Waals surface area contributed by atoms with Gasteiger partial charge in [-0.2, -0.15) is 5.10 Å². The third-order valence-corrected chi connectivity index (χ3v) is 3.82. The van der Waals surface area contributed by atoms with Crippen molar-refractivity contribution in [1.82, 2.24) is 14.8 Å².